The van der Waals surface area contributed by atoms with Crippen molar-refractivity contribution in [3.05, 3.63) is 59.2 Å². The van der Waals surface area contributed by atoms with Crippen LogP contribution in [-0.2, 0) is 21.2 Å². The molecule has 0 bridgehead atoms. The number of sulfonamides is 1. The van der Waals surface area contributed by atoms with Crippen LogP contribution in [0.5, 0.6) is 5.75 Å². The number of para-hydroxylation sites is 1. The first kappa shape index (κ1) is 22.7. The van der Waals surface area contributed by atoms with E-state index in [-0.39, 0.29) is 12.5 Å². The number of carbonyl (C=O) groups excluding carboxylic acids is 1. The number of anilines is 1. The van der Waals surface area contributed by atoms with Crippen molar-refractivity contribution in [3.8, 4) is 5.75 Å². The highest BCUT2D eigenvalue weighted by Gasteiger charge is 2.21. The van der Waals surface area contributed by atoms with E-state index >= 15 is 0 Å². The van der Waals surface area contributed by atoms with Gasteiger partial charge in [0.2, 0.25) is 15.9 Å². The van der Waals surface area contributed by atoms with Gasteiger partial charge in [0.05, 0.1) is 18.6 Å². The molecule has 1 N–H and O–H groups in total. The molecule has 0 heterocycles. The van der Waals surface area contributed by atoms with E-state index in [1.807, 2.05) is 51.1 Å². The molecule has 0 saturated carbocycles. The van der Waals surface area contributed by atoms with Crippen LogP contribution in [0.25, 0.3) is 0 Å². The van der Waals surface area contributed by atoms with Gasteiger partial charge in [-0.25, -0.2) is 8.42 Å². The van der Waals surface area contributed by atoms with Crippen molar-refractivity contribution in [2.45, 2.75) is 33.6 Å². The Kier molecular flexibility index (Phi) is 8.08. The molecule has 0 aliphatic heterocycles. The van der Waals surface area contributed by atoms with Crippen molar-refractivity contribution in [1.29, 1.82) is 0 Å². The highest BCUT2D eigenvalue weighted by Crippen LogP contribution is 2.21. The highest BCUT2D eigenvalue weighted by atomic mass is 32.2. The summed E-state index contributed by atoms with van der Waals surface area (Å²) in [6, 6.07) is 13.2. The molecular weight excluding hydrogens is 388 g/mol. The predicted octanol–water partition coefficient (Wildman–Crippen LogP) is 3.22. The minimum Gasteiger partial charge on any atom is -0.494 e. The molecule has 0 fully saturated rings. The van der Waals surface area contributed by atoms with E-state index in [4.69, 9.17) is 4.74 Å². The largest absolute Gasteiger partial charge is 0.494 e. The van der Waals surface area contributed by atoms with Crippen LogP contribution >= 0.6 is 0 Å². The van der Waals surface area contributed by atoms with Gasteiger partial charge in [-0.05, 0) is 68.5 Å². The van der Waals surface area contributed by atoms with Crippen LogP contribution in [-0.4, -0.2) is 40.3 Å². The number of benzene rings is 2. The number of carbonyl (C=O) groups is 1. The normalized spacial score (nSPS) is 11.2. The Bertz CT molecular complexity index is 942. The van der Waals surface area contributed by atoms with Crippen LogP contribution in [0, 0.1) is 13.8 Å². The fourth-order valence-corrected chi connectivity index (χ4v) is 3.83. The van der Waals surface area contributed by atoms with Gasteiger partial charge in [0, 0.05) is 6.54 Å². The van der Waals surface area contributed by atoms with Crippen molar-refractivity contribution in [2.24, 2.45) is 0 Å². The molecule has 0 aromatic heterocycles. The zero-order valence-electron chi connectivity index (χ0n) is 17.6. The Morgan fingerprint density at radius 3 is 2.48 bits per heavy atom. The molecule has 2 aromatic rings. The Hall–Kier alpha value is -2.54. The second kappa shape index (κ2) is 10.3. The van der Waals surface area contributed by atoms with Crippen LogP contribution in [0.1, 0.15) is 30.0 Å². The quantitative estimate of drug-likeness (QED) is 0.601. The lowest BCUT2D eigenvalue weighted by Gasteiger charge is -2.22. The third-order valence-corrected chi connectivity index (χ3v) is 5.82. The van der Waals surface area contributed by atoms with Gasteiger partial charge in [-0.3, -0.25) is 9.10 Å². The van der Waals surface area contributed by atoms with E-state index in [1.165, 1.54) is 0 Å². The van der Waals surface area contributed by atoms with Gasteiger partial charge < -0.3 is 10.1 Å². The van der Waals surface area contributed by atoms with Crippen molar-refractivity contribution < 1.29 is 17.9 Å². The van der Waals surface area contributed by atoms with Crippen LogP contribution in [0.15, 0.2) is 42.5 Å². The van der Waals surface area contributed by atoms with Gasteiger partial charge in [-0.15, -0.1) is 0 Å². The molecule has 0 spiro atoms. The van der Waals surface area contributed by atoms with E-state index in [0.29, 0.717) is 18.8 Å². The smallest absolute Gasteiger partial charge is 0.240 e. The number of nitrogens with one attached hydrogen (secondary N) is 1. The molecule has 0 unspecified atom stereocenters. The molecule has 2 rings (SSSR count). The number of nitrogens with zero attached hydrogens (tertiary/aromatic N) is 1. The average Bonchev–Trinajstić information content (AvgIpc) is 2.66. The van der Waals surface area contributed by atoms with Crippen molar-refractivity contribution in [2.75, 3.05) is 30.3 Å². The number of ether oxygens (including phenoxy) is 1. The number of hydrogen-bond donors (Lipinski definition) is 1. The Morgan fingerprint density at radius 2 is 1.83 bits per heavy atom. The SMILES string of the molecule is CCOc1ccccc1CCCNC(=O)CN(c1ccc(C)c(C)c1)S(C)(=O)=O. The standard InChI is InChI=1S/C22H30N2O4S/c1-5-28-21-11-7-6-9-19(21)10-8-14-23-22(25)16-24(29(4,26)27)20-13-12-17(2)18(3)15-20/h6-7,9,11-13,15H,5,8,10,14,16H2,1-4H3,(H,23,25). The van der Waals surface area contributed by atoms with Crippen LogP contribution in [0.3, 0.4) is 0 Å². The summed E-state index contributed by atoms with van der Waals surface area (Å²) in [4.78, 5) is 12.4. The summed E-state index contributed by atoms with van der Waals surface area (Å²) in [5.41, 5.74) is 3.64. The van der Waals surface area contributed by atoms with Crippen LogP contribution in [0.2, 0.25) is 0 Å². The maximum Gasteiger partial charge on any atom is 0.240 e. The van der Waals surface area contributed by atoms with Gasteiger partial charge in [0.1, 0.15) is 12.3 Å². The highest BCUT2D eigenvalue weighted by molar-refractivity contribution is 7.92. The summed E-state index contributed by atoms with van der Waals surface area (Å²) in [5.74, 6) is 0.533. The maximum atomic E-state index is 12.4. The molecule has 6 nitrogen and oxygen atoms in total. The first-order valence-electron chi connectivity index (χ1n) is 9.74. The molecular formula is C22H30N2O4S. The molecule has 158 valence electrons. The summed E-state index contributed by atoms with van der Waals surface area (Å²) in [6.45, 7) is 6.65. The first-order chi connectivity index (χ1) is 13.7. The summed E-state index contributed by atoms with van der Waals surface area (Å²) >= 11 is 0. The minimum absolute atomic E-state index is 0.239. The zero-order chi connectivity index (χ0) is 21.4. The van der Waals surface area contributed by atoms with Gasteiger partial charge >= 0.3 is 0 Å². The Balaban J connectivity index is 1.93. The average molecular weight is 419 g/mol. The molecule has 0 saturated heterocycles. The summed E-state index contributed by atoms with van der Waals surface area (Å²) in [5, 5.41) is 2.82. The molecule has 29 heavy (non-hydrogen) atoms. The molecule has 1 amide bonds. The van der Waals surface area contributed by atoms with Gasteiger partial charge in [0.15, 0.2) is 0 Å². The fourth-order valence-electron chi connectivity index (χ4n) is 2.98. The van der Waals surface area contributed by atoms with Gasteiger partial charge in [0.25, 0.3) is 0 Å². The predicted molar refractivity (Wildman–Crippen MR) is 117 cm³/mol. The summed E-state index contributed by atoms with van der Waals surface area (Å²) < 4.78 is 31.2. The van der Waals surface area contributed by atoms with E-state index in [0.717, 1.165) is 45.8 Å². The summed E-state index contributed by atoms with van der Waals surface area (Å²) in [7, 11) is -3.57. The van der Waals surface area contributed by atoms with Crippen LogP contribution in [0.4, 0.5) is 5.69 Å². The Morgan fingerprint density at radius 1 is 1.10 bits per heavy atom. The number of rotatable bonds is 10. The molecule has 0 aliphatic carbocycles. The second-order valence-corrected chi connectivity index (χ2v) is 8.94. The van der Waals surface area contributed by atoms with Gasteiger partial charge in [-0.2, -0.15) is 0 Å². The number of aryl methyl sites for hydroxylation is 3. The molecule has 2 aromatic carbocycles. The molecule has 0 radical (unpaired) electrons. The van der Waals surface area contributed by atoms with Crippen molar-refractivity contribution in [1.82, 2.24) is 5.32 Å². The minimum atomic E-state index is -3.57. The number of hydrogen-bond acceptors (Lipinski definition) is 4. The summed E-state index contributed by atoms with van der Waals surface area (Å²) in [6.07, 6.45) is 2.61. The lowest BCUT2D eigenvalue weighted by molar-refractivity contribution is -0.119. The second-order valence-electron chi connectivity index (χ2n) is 7.03. The molecule has 0 aliphatic rings. The Labute approximate surface area is 173 Å². The van der Waals surface area contributed by atoms with Crippen molar-refractivity contribution in [3.63, 3.8) is 0 Å². The van der Waals surface area contributed by atoms with E-state index in [1.54, 1.807) is 12.1 Å². The lowest BCUT2D eigenvalue weighted by Crippen LogP contribution is -2.40. The maximum absolute atomic E-state index is 12.4. The topological polar surface area (TPSA) is 75.7 Å². The monoisotopic (exact) mass is 418 g/mol. The third kappa shape index (κ3) is 6.78. The van der Waals surface area contributed by atoms with Crippen molar-refractivity contribution >= 4 is 21.6 Å². The van der Waals surface area contributed by atoms with E-state index in [2.05, 4.69) is 5.32 Å². The number of amides is 1. The third-order valence-electron chi connectivity index (χ3n) is 4.68. The molecule has 0 atom stereocenters. The van der Waals surface area contributed by atoms with Gasteiger partial charge in [-0.1, -0.05) is 24.3 Å². The molecule has 7 heteroatoms. The van der Waals surface area contributed by atoms with E-state index in [9.17, 15) is 13.2 Å². The van der Waals surface area contributed by atoms with E-state index < -0.39 is 10.0 Å². The fraction of sp³-hybridized carbons (Fsp3) is 0.409. The zero-order valence-corrected chi connectivity index (χ0v) is 18.4. The first-order valence-corrected chi connectivity index (χ1v) is 11.6. The lowest BCUT2D eigenvalue weighted by atomic mass is 10.1. The van der Waals surface area contributed by atoms with Crippen LogP contribution < -0.4 is 14.4 Å².